The number of phosphoric ester groups is 1. The molecule has 0 aromatic heterocycles. The van der Waals surface area contributed by atoms with Crippen LogP contribution in [0.3, 0.4) is 0 Å². The predicted octanol–water partition coefficient (Wildman–Crippen LogP) is 10.8. The molecule has 0 heterocycles. The molecule has 0 radical (unpaired) electrons. The van der Waals surface area contributed by atoms with Crippen molar-refractivity contribution in [2.45, 2.75) is 148 Å². The molecule has 0 N–H and O–H groups in total. The molecule has 0 saturated heterocycles. The number of rotatable bonds is 36. The fourth-order valence-corrected chi connectivity index (χ4v) is 5.76. The number of quaternary nitrogens is 1. The molecule has 0 spiro atoms. The first-order valence-corrected chi connectivity index (χ1v) is 22.1. The Bertz CT molecular complexity index is 1150. The van der Waals surface area contributed by atoms with E-state index in [1.165, 1.54) is 0 Å². The van der Waals surface area contributed by atoms with E-state index in [1.807, 2.05) is 21.1 Å². The zero-order valence-corrected chi connectivity index (χ0v) is 35.5. The summed E-state index contributed by atoms with van der Waals surface area (Å²) in [5.41, 5.74) is 0. The summed E-state index contributed by atoms with van der Waals surface area (Å²) < 4.78 is 33.8. The molecule has 0 aliphatic heterocycles. The van der Waals surface area contributed by atoms with Crippen LogP contribution in [0.5, 0.6) is 0 Å². The number of hydrogen-bond donors (Lipinski definition) is 0. The lowest BCUT2D eigenvalue weighted by Crippen LogP contribution is -2.37. The van der Waals surface area contributed by atoms with Crippen molar-refractivity contribution in [3.8, 4) is 0 Å². The Balaban J connectivity index is 4.47. The van der Waals surface area contributed by atoms with Gasteiger partial charge in [0.1, 0.15) is 19.8 Å². The Morgan fingerprint density at radius 1 is 0.574 bits per heavy atom. The number of allylic oxidation sites excluding steroid dienone is 12. The maximum absolute atomic E-state index is 12.6. The van der Waals surface area contributed by atoms with Crippen molar-refractivity contribution >= 4 is 19.8 Å². The molecule has 9 nitrogen and oxygen atoms in total. The monoisotopic (exact) mass is 778 g/mol. The molecule has 0 aliphatic carbocycles. The van der Waals surface area contributed by atoms with Gasteiger partial charge in [0, 0.05) is 12.8 Å². The first-order valence-electron chi connectivity index (χ1n) is 20.6. The topological polar surface area (TPSA) is 111 Å². The van der Waals surface area contributed by atoms with E-state index in [0.717, 1.165) is 103 Å². The van der Waals surface area contributed by atoms with Crippen molar-refractivity contribution < 1.29 is 42.1 Å². The van der Waals surface area contributed by atoms with Crippen molar-refractivity contribution in [1.29, 1.82) is 0 Å². The molecule has 310 valence electrons. The smallest absolute Gasteiger partial charge is 0.306 e. The van der Waals surface area contributed by atoms with Crippen LogP contribution in [0, 0.1) is 0 Å². The number of nitrogens with zero attached hydrogens (tertiary/aromatic N) is 1. The Kier molecular flexibility index (Phi) is 34.4. The van der Waals surface area contributed by atoms with E-state index in [0.29, 0.717) is 23.9 Å². The molecule has 0 fully saturated rings. The maximum Gasteiger partial charge on any atom is 0.306 e. The van der Waals surface area contributed by atoms with Crippen LogP contribution < -0.4 is 4.89 Å². The van der Waals surface area contributed by atoms with Gasteiger partial charge in [-0.2, -0.15) is 0 Å². The van der Waals surface area contributed by atoms with Crippen LogP contribution >= 0.6 is 7.82 Å². The van der Waals surface area contributed by atoms with Gasteiger partial charge in [-0.15, -0.1) is 0 Å². The molecular weight excluding hydrogens is 701 g/mol. The summed E-state index contributed by atoms with van der Waals surface area (Å²) in [7, 11) is 1.13. The number of carbonyl (C=O) groups is 2. The minimum atomic E-state index is -4.63. The maximum atomic E-state index is 12.6. The van der Waals surface area contributed by atoms with Gasteiger partial charge in [0.05, 0.1) is 27.7 Å². The predicted molar refractivity (Wildman–Crippen MR) is 222 cm³/mol. The van der Waals surface area contributed by atoms with E-state index in [2.05, 4.69) is 86.8 Å². The Labute approximate surface area is 329 Å². The van der Waals surface area contributed by atoms with Crippen LogP contribution in [0.25, 0.3) is 0 Å². The molecule has 10 heteroatoms. The molecule has 0 aromatic rings. The molecule has 0 saturated carbocycles. The zero-order chi connectivity index (χ0) is 40.0. The van der Waals surface area contributed by atoms with Crippen LogP contribution in [-0.4, -0.2) is 70.0 Å². The van der Waals surface area contributed by atoms with Crippen LogP contribution in [0.4, 0.5) is 0 Å². The van der Waals surface area contributed by atoms with Gasteiger partial charge in [-0.25, -0.2) is 0 Å². The normalized spacial score (nSPS) is 14.4. The first kappa shape index (κ1) is 51.5. The summed E-state index contributed by atoms with van der Waals surface area (Å²) in [6.07, 6.45) is 43.5. The number of esters is 2. The third kappa shape index (κ3) is 39.2. The van der Waals surface area contributed by atoms with Gasteiger partial charge in [0.2, 0.25) is 0 Å². The molecular formula is C44H76NO8P. The van der Waals surface area contributed by atoms with E-state index in [-0.39, 0.29) is 26.1 Å². The summed E-state index contributed by atoms with van der Waals surface area (Å²) in [5, 5.41) is 0. The summed E-state index contributed by atoms with van der Waals surface area (Å²) in [4.78, 5) is 37.5. The van der Waals surface area contributed by atoms with Gasteiger partial charge in [0.15, 0.2) is 6.10 Å². The largest absolute Gasteiger partial charge is 0.756 e. The van der Waals surface area contributed by atoms with E-state index < -0.39 is 32.5 Å². The SMILES string of the molecule is CC/C=C\C/C=C\C/C=C\CCCCCCCC(=O)OC[C@H](COP(=O)([O-])OCC[N+](C)(C)C)OC(=O)CCCCCCC/C=C\C/C=C\C/C=C\CC. The van der Waals surface area contributed by atoms with Gasteiger partial charge < -0.3 is 27.9 Å². The number of likely N-dealkylation sites (N-methyl/N-ethyl adjacent to an activating group) is 1. The van der Waals surface area contributed by atoms with Gasteiger partial charge in [-0.3, -0.25) is 14.2 Å². The molecule has 0 aromatic carbocycles. The van der Waals surface area contributed by atoms with Crippen molar-refractivity contribution in [1.82, 2.24) is 0 Å². The highest BCUT2D eigenvalue weighted by molar-refractivity contribution is 7.45. The van der Waals surface area contributed by atoms with Crippen molar-refractivity contribution in [3.05, 3.63) is 72.9 Å². The molecule has 1 unspecified atom stereocenters. The van der Waals surface area contributed by atoms with Gasteiger partial charge in [0.25, 0.3) is 7.82 Å². The fraction of sp³-hybridized carbons (Fsp3) is 0.682. The number of phosphoric acid groups is 1. The third-order valence-corrected chi connectivity index (χ3v) is 9.19. The van der Waals surface area contributed by atoms with Gasteiger partial charge in [-0.1, -0.05) is 125 Å². The average Bonchev–Trinajstić information content (AvgIpc) is 3.12. The number of unbranched alkanes of at least 4 members (excludes halogenated alkanes) is 10. The van der Waals surface area contributed by atoms with Crippen molar-refractivity contribution in [2.24, 2.45) is 0 Å². The highest BCUT2D eigenvalue weighted by Gasteiger charge is 2.21. The van der Waals surface area contributed by atoms with Crippen LogP contribution in [-0.2, 0) is 32.7 Å². The lowest BCUT2D eigenvalue weighted by molar-refractivity contribution is -0.870. The van der Waals surface area contributed by atoms with E-state index in [9.17, 15) is 19.0 Å². The molecule has 0 rings (SSSR count). The Morgan fingerprint density at radius 3 is 1.48 bits per heavy atom. The average molecular weight is 778 g/mol. The van der Waals surface area contributed by atoms with E-state index in [4.69, 9.17) is 18.5 Å². The third-order valence-electron chi connectivity index (χ3n) is 8.22. The van der Waals surface area contributed by atoms with Crippen molar-refractivity contribution in [2.75, 3.05) is 47.5 Å². The molecule has 2 atom stereocenters. The minimum absolute atomic E-state index is 0.0414. The summed E-state index contributed by atoms with van der Waals surface area (Å²) in [5.74, 6) is -0.883. The Morgan fingerprint density at radius 2 is 1.00 bits per heavy atom. The minimum Gasteiger partial charge on any atom is -0.756 e. The lowest BCUT2D eigenvalue weighted by atomic mass is 10.1. The van der Waals surface area contributed by atoms with Gasteiger partial charge >= 0.3 is 11.9 Å². The fourth-order valence-electron chi connectivity index (χ4n) is 5.03. The number of carbonyl (C=O) groups excluding carboxylic acids is 2. The van der Waals surface area contributed by atoms with E-state index >= 15 is 0 Å². The number of ether oxygens (including phenoxy) is 2. The molecule has 0 aliphatic rings. The second kappa shape index (κ2) is 36.1. The second-order valence-electron chi connectivity index (χ2n) is 14.6. The summed E-state index contributed by atoms with van der Waals surface area (Å²) in [6.45, 7) is 3.93. The quantitative estimate of drug-likeness (QED) is 0.0203. The molecule has 0 amide bonds. The Hall–Kier alpha value is -2.55. The standard InChI is InChI=1S/C44H76NO8P/c1-6-8-10-12-14-16-18-20-22-24-26-28-30-32-34-36-43(46)50-40-42(41-52-54(48,49)51-39-38-45(3,4)5)53-44(47)37-35-33-31-29-27-25-23-21-19-17-15-13-11-9-7-2/h8-11,14-17,20-23,42H,6-7,12-13,18-19,24-41H2,1-5H3/b10-8-,11-9-,16-14-,17-15-,22-20-,23-21-/t42-/m1/s1. The van der Waals surface area contributed by atoms with Crippen molar-refractivity contribution in [3.63, 3.8) is 0 Å². The first-order chi connectivity index (χ1) is 26.0. The lowest BCUT2D eigenvalue weighted by Gasteiger charge is -2.28. The van der Waals surface area contributed by atoms with Crippen LogP contribution in [0.1, 0.15) is 142 Å². The zero-order valence-electron chi connectivity index (χ0n) is 34.6. The molecule has 0 bridgehead atoms. The number of hydrogen-bond acceptors (Lipinski definition) is 8. The highest BCUT2D eigenvalue weighted by Crippen LogP contribution is 2.38. The summed E-state index contributed by atoms with van der Waals surface area (Å²) in [6, 6.07) is 0. The van der Waals surface area contributed by atoms with Gasteiger partial charge in [-0.05, 0) is 77.0 Å². The molecule has 54 heavy (non-hydrogen) atoms. The van der Waals surface area contributed by atoms with E-state index in [1.54, 1.807) is 0 Å². The van der Waals surface area contributed by atoms with Crippen LogP contribution in [0.2, 0.25) is 0 Å². The van der Waals surface area contributed by atoms with Crippen LogP contribution in [0.15, 0.2) is 72.9 Å². The second-order valence-corrected chi connectivity index (χ2v) is 16.0. The highest BCUT2D eigenvalue weighted by atomic mass is 31.2. The summed E-state index contributed by atoms with van der Waals surface area (Å²) >= 11 is 0.